The fourth-order valence-electron chi connectivity index (χ4n) is 3.15. The van der Waals surface area contributed by atoms with E-state index < -0.39 is 0 Å². The number of hydrogen-bond acceptors (Lipinski definition) is 3. The van der Waals surface area contributed by atoms with Gasteiger partial charge in [0.2, 0.25) is 0 Å². The maximum atomic E-state index is 12.3. The predicted molar refractivity (Wildman–Crippen MR) is 98.9 cm³/mol. The van der Waals surface area contributed by atoms with Crippen molar-refractivity contribution in [2.75, 3.05) is 19.7 Å². The van der Waals surface area contributed by atoms with Crippen LogP contribution in [0, 0.1) is 0 Å². The van der Waals surface area contributed by atoms with Crippen LogP contribution in [0.5, 0.6) is 5.75 Å². The van der Waals surface area contributed by atoms with E-state index in [0.717, 1.165) is 31.7 Å². The van der Waals surface area contributed by atoms with Crippen LogP contribution in [-0.4, -0.2) is 30.5 Å². The highest BCUT2D eigenvalue weighted by atomic mass is 32.1. The third-order valence-corrected chi connectivity index (χ3v) is 5.47. The zero-order valence-corrected chi connectivity index (χ0v) is 15.2. The van der Waals surface area contributed by atoms with Gasteiger partial charge < -0.3 is 9.64 Å². The van der Waals surface area contributed by atoms with Crippen LogP contribution in [0.1, 0.15) is 49.7 Å². The van der Waals surface area contributed by atoms with Gasteiger partial charge in [-0.05, 0) is 64.8 Å². The number of piperidine rings is 1. The molecule has 3 nitrogen and oxygen atoms in total. The Labute approximate surface area is 148 Å². The van der Waals surface area contributed by atoms with Crippen molar-refractivity contribution in [3.8, 4) is 5.75 Å². The number of amides is 1. The standard InChI is InChI=1S/C20H25NO2S/c1-15(2)16-3-5-19(6-4-16)23-13-20(22)21-10-7-17(8-11-21)18-9-12-24-14-18/h3-6,9,12,14-15,17H,7-8,10-11,13H2,1-2H3. The highest BCUT2D eigenvalue weighted by molar-refractivity contribution is 7.07. The molecule has 0 N–H and O–H groups in total. The Balaban J connectivity index is 1.46. The Bertz CT molecular complexity index is 641. The lowest BCUT2D eigenvalue weighted by Gasteiger charge is -2.31. The van der Waals surface area contributed by atoms with Crippen molar-refractivity contribution in [1.29, 1.82) is 0 Å². The second kappa shape index (κ2) is 7.84. The predicted octanol–water partition coefficient (Wildman–Crippen LogP) is 4.66. The fourth-order valence-corrected chi connectivity index (χ4v) is 3.90. The van der Waals surface area contributed by atoms with E-state index in [4.69, 9.17) is 4.74 Å². The smallest absolute Gasteiger partial charge is 0.260 e. The third-order valence-electron chi connectivity index (χ3n) is 4.77. The van der Waals surface area contributed by atoms with Crippen molar-refractivity contribution in [2.45, 2.75) is 38.5 Å². The molecule has 1 fully saturated rings. The molecule has 1 saturated heterocycles. The molecular weight excluding hydrogens is 318 g/mol. The number of carbonyl (C=O) groups is 1. The minimum Gasteiger partial charge on any atom is -0.484 e. The van der Waals surface area contributed by atoms with E-state index in [1.54, 1.807) is 11.3 Å². The van der Waals surface area contributed by atoms with E-state index in [1.807, 2.05) is 17.0 Å². The Morgan fingerprint density at radius 3 is 2.50 bits per heavy atom. The first-order valence-corrected chi connectivity index (χ1v) is 9.60. The third kappa shape index (κ3) is 4.18. The van der Waals surface area contributed by atoms with E-state index >= 15 is 0 Å². The first kappa shape index (κ1) is 17.0. The van der Waals surface area contributed by atoms with Crippen LogP contribution in [0.25, 0.3) is 0 Å². The maximum absolute atomic E-state index is 12.3. The van der Waals surface area contributed by atoms with E-state index in [-0.39, 0.29) is 12.5 Å². The number of rotatable bonds is 5. The molecule has 0 radical (unpaired) electrons. The summed E-state index contributed by atoms with van der Waals surface area (Å²) in [6, 6.07) is 10.2. The van der Waals surface area contributed by atoms with Crippen molar-refractivity contribution in [3.63, 3.8) is 0 Å². The van der Waals surface area contributed by atoms with Gasteiger partial charge in [-0.1, -0.05) is 26.0 Å². The summed E-state index contributed by atoms with van der Waals surface area (Å²) in [5.41, 5.74) is 2.71. The van der Waals surface area contributed by atoms with Gasteiger partial charge >= 0.3 is 0 Å². The van der Waals surface area contributed by atoms with E-state index in [9.17, 15) is 4.79 Å². The minimum atomic E-state index is 0.0895. The van der Waals surface area contributed by atoms with Crippen molar-refractivity contribution in [2.24, 2.45) is 0 Å². The molecule has 0 atom stereocenters. The zero-order chi connectivity index (χ0) is 16.9. The quantitative estimate of drug-likeness (QED) is 0.790. The van der Waals surface area contributed by atoms with Crippen molar-refractivity contribution < 1.29 is 9.53 Å². The number of thiophene rings is 1. The van der Waals surface area contributed by atoms with E-state index in [2.05, 4.69) is 42.8 Å². The molecule has 0 spiro atoms. The number of nitrogens with zero attached hydrogens (tertiary/aromatic N) is 1. The van der Waals surface area contributed by atoms with Gasteiger partial charge in [0, 0.05) is 13.1 Å². The van der Waals surface area contributed by atoms with Crippen molar-refractivity contribution in [3.05, 3.63) is 52.2 Å². The summed E-state index contributed by atoms with van der Waals surface area (Å²) in [5, 5.41) is 4.36. The normalized spacial score (nSPS) is 15.7. The molecule has 4 heteroatoms. The van der Waals surface area contributed by atoms with Crippen LogP contribution in [0.3, 0.4) is 0 Å². The molecular formula is C20H25NO2S. The Morgan fingerprint density at radius 2 is 1.92 bits per heavy atom. The van der Waals surface area contributed by atoms with Crippen LogP contribution >= 0.6 is 11.3 Å². The summed E-state index contributed by atoms with van der Waals surface area (Å²) in [6.45, 7) is 6.12. The molecule has 0 unspecified atom stereocenters. The van der Waals surface area contributed by atoms with E-state index in [1.165, 1.54) is 11.1 Å². The first-order chi connectivity index (χ1) is 11.6. The largest absolute Gasteiger partial charge is 0.484 e. The Hall–Kier alpha value is -1.81. The SMILES string of the molecule is CC(C)c1ccc(OCC(=O)N2CCC(c3ccsc3)CC2)cc1. The monoisotopic (exact) mass is 343 g/mol. The molecule has 1 aromatic heterocycles. The molecule has 2 aromatic rings. The number of ether oxygens (including phenoxy) is 1. The van der Waals surface area contributed by atoms with Gasteiger partial charge in [0.25, 0.3) is 5.91 Å². The average molecular weight is 343 g/mol. The zero-order valence-electron chi connectivity index (χ0n) is 14.4. The number of hydrogen-bond donors (Lipinski definition) is 0. The molecule has 128 valence electrons. The molecule has 0 saturated carbocycles. The maximum Gasteiger partial charge on any atom is 0.260 e. The molecule has 1 aromatic carbocycles. The molecule has 2 heterocycles. The van der Waals surface area contributed by atoms with Crippen molar-refractivity contribution in [1.82, 2.24) is 4.90 Å². The lowest BCUT2D eigenvalue weighted by molar-refractivity contribution is -0.134. The minimum absolute atomic E-state index is 0.0895. The van der Waals surface area contributed by atoms with E-state index in [0.29, 0.717) is 11.8 Å². The molecule has 3 rings (SSSR count). The topological polar surface area (TPSA) is 29.5 Å². The van der Waals surface area contributed by atoms with Crippen LogP contribution in [0.4, 0.5) is 0 Å². The lowest BCUT2D eigenvalue weighted by Crippen LogP contribution is -2.40. The average Bonchev–Trinajstić information content (AvgIpc) is 3.15. The van der Waals surface area contributed by atoms with Crippen molar-refractivity contribution >= 4 is 17.2 Å². The summed E-state index contributed by atoms with van der Waals surface area (Å²) in [6.07, 6.45) is 2.09. The highest BCUT2D eigenvalue weighted by Crippen LogP contribution is 2.29. The number of carbonyl (C=O) groups excluding carboxylic acids is 1. The van der Waals surface area contributed by atoms with Crippen LogP contribution < -0.4 is 4.74 Å². The summed E-state index contributed by atoms with van der Waals surface area (Å²) in [4.78, 5) is 14.3. The molecule has 1 aliphatic heterocycles. The fraction of sp³-hybridized carbons (Fsp3) is 0.450. The van der Waals surface area contributed by atoms with Gasteiger partial charge in [-0.2, -0.15) is 11.3 Å². The number of benzene rings is 1. The van der Waals surface area contributed by atoms with Gasteiger partial charge in [0.15, 0.2) is 6.61 Å². The van der Waals surface area contributed by atoms with Gasteiger partial charge in [-0.25, -0.2) is 0 Å². The summed E-state index contributed by atoms with van der Waals surface area (Å²) >= 11 is 1.75. The van der Waals surface area contributed by atoms with Gasteiger partial charge in [0.1, 0.15) is 5.75 Å². The molecule has 1 amide bonds. The van der Waals surface area contributed by atoms with Crippen LogP contribution in [-0.2, 0) is 4.79 Å². The lowest BCUT2D eigenvalue weighted by atomic mass is 9.91. The summed E-state index contributed by atoms with van der Waals surface area (Å²) < 4.78 is 5.67. The molecule has 0 aliphatic carbocycles. The first-order valence-electron chi connectivity index (χ1n) is 8.66. The summed E-state index contributed by atoms with van der Waals surface area (Å²) in [5.74, 6) is 1.96. The second-order valence-corrected chi connectivity index (χ2v) is 7.50. The summed E-state index contributed by atoms with van der Waals surface area (Å²) in [7, 11) is 0. The van der Waals surface area contributed by atoms with Gasteiger partial charge in [-0.15, -0.1) is 0 Å². The van der Waals surface area contributed by atoms with Crippen LogP contribution in [0.2, 0.25) is 0 Å². The molecule has 1 aliphatic rings. The van der Waals surface area contributed by atoms with Gasteiger partial charge in [0.05, 0.1) is 0 Å². The number of likely N-dealkylation sites (tertiary alicyclic amines) is 1. The second-order valence-electron chi connectivity index (χ2n) is 6.72. The molecule has 24 heavy (non-hydrogen) atoms. The Morgan fingerprint density at radius 1 is 1.21 bits per heavy atom. The van der Waals surface area contributed by atoms with Gasteiger partial charge in [-0.3, -0.25) is 4.79 Å². The Kier molecular flexibility index (Phi) is 5.56. The van der Waals surface area contributed by atoms with Crippen LogP contribution in [0.15, 0.2) is 41.1 Å². The molecule has 0 bridgehead atoms. The highest BCUT2D eigenvalue weighted by Gasteiger charge is 2.24.